The van der Waals surface area contributed by atoms with E-state index in [0.717, 1.165) is 49.7 Å². The van der Waals surface area contributed by atoms with E-state index in [-0.39, 0.29) is 0 Å². The van der Waals surface area contributed by atoms with Crippen LogP contribution in [0.2, 0.25) is 0 Å². The van der Waals surface area contributed by atoms with Crippen molar-refractivity contribution in [3.63, 3.8) is 0 Å². The highest BCUT2D eigenvalue weighted by atomic mass is 16.5. The smallest absolute Gasteiger partial charge is 0.228 e. The Hall–Kier alpha value is -2.75. The summed E-state index contributed by atoms with van der Waals surface area (Å²) >= 11 is 0. The van der Waals surface area contributed by atoms with Crippen molar-refractivity contribution in [1.82, 2.24) is 15.3 Å². The summed E-state index contributed by atoms with van der Waals surface area (Å²) in [7, 11) is 2.05. The molecule has 0 amide bonds. The van der Waals surface area contributed by atoms with Crippen LogP contribution in [0, 0.1) is 5.92 Å². The third-order valence-corrected chi connectivity index (χ3v) is 7.18. The van der Waals surface area contributed by atoms with Gasteiger partial charge in [0.25, 0.3) is 0 Å². The Morgan fingerprint density at radius 2 is 1.95 bits per heavy atom. The number of allylic oxidation sites excluding steroid dienone is 2. The van der Waals surface area contributed by atoms with Crippen LogP contribution in [0.15, 0.2) is 36.1 Å². The Labute approximate surface area is 235 Å². The van der Waals surface area contributed by atoms with Gasteiger partial charge in [0.2, 0.25) is 5.95 Å². The van der Waals surface area contributed by atoms with Crippen molar-refractivity contribution in [2.24, 2.45) is 10.9 Å². The van der Waals surface area contributed by atoms with E-state index in [4.69, 9.17) is 19.4 Å². The topological polar surface area (TPSA) is 87.1 Å². The van der Waals surface area contributed by atoms with Gasteiger partial charge in [-0.1, -0.05) is 38.5 Å². The van der Waals surface area contributed by atoms with Gasteiger partial charge in [0, 0.05) is 59.2 Å². The SMILES string of the molecule is C=C/C=C(\N=C/C)Nc1nc(N2CCNCC2)nc(C(=C)CCOCC2CCCCC2)c1N(C)CCOCC. The summed E-state index contributed by atoms with van der Waals surface area (Å²) in [6.07, 6.45) is 12.6. The number of nitrogens with one attached hydrogen (secondary N) is 2. The van der Waals surface area contributed by atoms with Gasteiger partial charge in [-0.15, -0.1) is 0 Å². The van der Waals surface area contributed by atoms with E-state index in [0.29, 0.717) is 56.3 Å². The first-order chi connectivity index (χ1) is 19.1. The molecule has 216 valence electrons. The molecule has 3 rings (SSSR count). The van der Waals surface area contributed by atoms with E-state index in [2.05, 4.69) is 38.6 Å². The van der Waals surface area contributed by atoms with Crippen molar-refractivity contribution < 1.29 is 9.47 Å². The number of hydrogen-bond acceptors (Lipinski definition) is 9. The molecule has 1 saturated carbocycles. The van der Waals surface area contributed by atoms with Crippen molar-refractivity contribution >= 4 is 29.2 Å². The van der Waals surface area contributed by atoms with Gasteiger partial charge < -0.3 is 29.9 Å². The predicted octanol–water partition coefficient (Wildman–Crippen LogP) is 4.89. The third kappa shape index (κ3) is 9.74. The summed E-state index contributed by atoms with van der Waals surface area (Å²) in [5.41, 5.74) is 2.65. The molecule has 0 spiro atoms. The zero-order valence-electron chi connectivity index (χ0n) is 24.4. The Bertz CT molecular complexity index is 966. The number of hydrogen-bond donors (Lipinski definition) is 2. The maximum atomic E-state index is 6.14. The lowest BCUT2D eigenvalue weighted by molar-refractivity contribution is 0.0894. The van der Waals surface area contributed by atoms with Gasteiger partial charge >= 0.3 is 0 Å². The standard InChI is InChI=1S/C30H49N7O2/c1-6-12-26(32-7-2)33-29-28(36(5)20-22-38-8-3)27(34-30(35-29)37-18-16-31-17-19-37)24(4)15-21-39-23-25-13-10-9-11-14-25/h6-7,12,25,31H,1,4,8-11,13-23H2,2-3,5H3,(H,33,34,35)/b26-12+,32-7-. The Morgan fingerprint density at radius 1 is 1.18 bits per heavy atom. The van der Waals surface area contributed by atoms with Crippen LogP contribution in [0.1, 0.15) is 58.1 Å². The van der Waals surface area contributed by atoms with Crippen LogP contribution in [0.4, 0.5) is 17.5 Å². The number of piperazine rings is 1. The van der Waals surface area contributed by atoms with Crippen molar-refractivity contribution in [3.8, 4) is 0 Å². The molecular weight excluding hydrogens is 490 g/mol. The van der Waals surface area contributed by atoms with Crippen LogP contribution >= 0.6 is 0 Å². The maximum Gasteiger partial charge on any atom is 0.228 e. The fraction of sp³-hybridized carbons (Fsp3) is 0.633. The Morgan fingerprint density at radius 3 is 2.64 bits per heavy atom. The van der Waals surface area contributed by atoms with E-state index in [1.54, 1.807) is 12.3 Å². The van der Waals surface area contributed by atoms with Gasteiger partial charge in [-0.05, 0) is 50.7 Å². The highest BCUT2D eigenvalue weighted by Gasteiger charge is 2.24. The third-order valence-electron chi connectivity index (χ3n) is 7.18. The van der Waals surface area contributed by atoms with Gasteiger partial charge in [0.05, 0.1) is 18.9 Å². The molecule has 2 fully saturated rings. The van der Waals surface area contributed by atoms with E-state index in [1.807, 2.05) is 27.0 Å². The van der Waals surface area contributed by atoms with Gasteiger partial charge in [-0.3, -0.25) is 0 Å². The monoisotopic (exact) mass is 539 g/mol. The molecule has 1 aromatic heterocycles. The van der Waals surface area contributed by atoms with Crippen molar-refractivity contribution in [2.45, 2.75) is 52.4 Å². The van der Waals surface area contributed by atoms with Crippen molar-refractivity contribution in [1.29, 1.82) is 0 Å². The molecule has 1 aliphatic carbocycles. The largest absolute Gasteiger partial charge is 0.381 e. The lowest BCUT2D eigenvalue weighted by Crippen LogP contribution is -2.44. The van der Waals surface area contributed by atoms with Gasteiger partial charge in [0.1, 0.15) is 11.5 Å². The molecule has 0 unspecified atom stereocenters. The summed E-state index contributed by atoms with van der Waals surface area (Å²) in [5.74, 6) is 2.73. The molecule has 1 saturated heterocycles. The van der Waals surface area contributed by atoms with Crippen molar-refractivity contribution in [3.05, 3.63) is 36.8 Å². The van der Waals surface area contributed by atoms with Gasteiger partial charge in [0.15, 0.2) is 5.82 Å². The van der Waals surface area contributed by atoms with Crippen LogP contribution in [-0.2, 0) is 9.47 Å². The molecule has 0 bridgehead atoms. The minimum Gasteiger partial charge on any atom is -0.381 e. The first kappa shape index (κ1) is 30.8. The molecule has 9 heteroatoms. The van der Waals surface area contributed by atoms with Crippen LogP contribution in [-0.4, -0.2) is 82.4 Å². The van der Waals surface area contributed by atoms with Crippen molar-refractivity contribution in [2.75, 3.05) is 81.3 Å². The lowest BCUT2D eigenvalue weighted by Gasteiger charge is -2.31. The molecule has 1 aliphatic heterocycles. The average molecular weight is 540 g/mol. The molecular formula is C30H49N7O2. The van der Waals surface area contributed by atoms with E-state index in [1.165, 1.54) is 32.1 Å². The number of anilines is 3. The summed E-state index contributed by atoms with van der Waals surface area (Å²) in [6.45, 7) is 19.1. The van der Waals surface area contributed by atoms with Gasteiger partial charge in [-0.25, -0.2) is 9.98 Å². The van der Waals surface area contributed by atoms with Crippen LogP contribution < -0.4 is 20.4 Å². The predicted molar refractivity (Wildman–Crippen MR) is 164 cm³/mol. The number of aliphatic imine (C=N–C) groups is 1. The fourth-order valence-electron chi connectivity index (χ4n) is 5.01. The number of likely N-dealkylation sites (N-methyl/N-ethyl adjacent to an activating group) is 1. The van der Waals surface area contributed by atoms with Gasteiger partial charge in [-0.2, -0.15) is 4.98 Å². The highest BCUT2D eigenvalue weighted by Crippen LogP contribution is 2.35. The summed E-state index contributed by atoms with van der Waals surface area (Å²) in [4.78, 5) is 19.0. The first-order valence-corrected chi connectivity index (χ1v) is 14.6. The lowest BCUT2D eigenvalue weighted by atomic mass is 9.90. The molecule has 9 nitrogen and oxygen atoms in total. The summed E-state index contributed by atoms with van der Waals surface area (Å²) < 4.78 is 11.8. The highest BCUT2D eigenvalue weighted by molar-refractivity contribution is 5.82. The Balaban J connectivity index is 1.92. The summed E-state index contributed by atoms with van der Waals surface area (Å²) in [5, 5.41) is 6.86. The molecule has 2 heterocycles. The van der Waals surface area contributed by atoms with E-state index < -0.39 is 0 Å². The fourth-order valence-corrected chi connectivity index (χ4v) is 5.01. The number of ether oxygens (including phenoxy) is 2. The van der Waals surface area contributed by atoms with E-state index >= 15 is 0 Å². The molecule has 2 N–H and O–H groups in total. The van der Waals surface area contributed by atoms with Crippen LogP contribution in [0.25, 0.3) is 5.57 Å². The second kappa shape index (κ2) is 17.0. The zero-order valence-corrected chi connectivity index (χ0v) is 24.4. The molecule has 0 radical (unpaired) electrons. The minimum atomic E-state index is 0.602. The minimum absolute atomic E-state index is 0.602. The quantitative estimate of drug-likeness (QED) is 0.174. The second-order valence-electron chi connectivity index (χ2n) is 10.2. The average Bonchev–Trinajstić information content (AvgIpc) is 2.96. The van der Waals surface area contributed by atoms with E-state index in [9.17, 15) is 0 Å². The van der Waals surface area contributed by atoms with Crippen LogP contribution in [0.3, 0.4) is 0 Å². The maximum absolute atomic E-state index is 6.14. The molecule has 1 aromatic rings. The zero-order chi connectivity index (χ0) is 27.9. The number of nitrogens with zero attached hydrogens (tertiary/aromatic N) is 5. The molecule has 0 aromatic carbocycles. The number of aromatic nitrogens is 2. The second-order valence-corrected chi connectivity index (χ2v) is 10.2. The molecule has 2 aliphatic rings. The van der Waals surface area contributed by atoms with Crippen LogP contribution in [0.5, 0.6) is 0 Å². The molecule has 0 atom stereocenters. The normalized spacial score (nSPS) is 17.0. The summed E-state index contributed by atoms with van der Waals surface area (Å²) in [6, 6.07) is 0. The first-order valence-electron chi connectivity index (χ1n) is 14.6. The Kier molecular flexibility index (Phi) is 13.5. The molecule has 39 heavy (non-hydrogen) atoms. The number of rotatable bonds is 16.